The van der Waals surface area contributed by atoms with Crippen molar-refractivity contribution in [2.75, 3.05) is 6.61 Å². The molecule has 0 spiro atoms. The largest absolute Gasteiger partial charge is 0.488 e. The average molecular weight is 420 g/mol. The van der Waals surface area contributed by atoms with Gasteiger partial charge in [0, 0.05) is 15.6 Å². The van der Waals surface area contributed by atoms with Gasteiger partial charge in [-0.15, -0.1) is 0 Å². The molecule has 0 heterocycles. The minimum absolute atomic E-state index is 0.281. The van der Waals surface area contributed by atoms with Gasteiger partial charge in [0.2, 0.25) is 0 Å². The van der Waals surface area contributed by atoms with Crippen molar-refractivity contribution >= 4 is 27.8 Å². The first-order valence-electron chi connectivity index (χ1n) is 8.19. The molecule has 0 saturated carbocycles. The summed E-state index contributed by atoms with van der Waals surface area (Å²) in [5, 5.41) is 2.74. The van der Waals surface area contributed by atoms with E-state index >= 15 is 0 Å². The maximum atomic E-state index is 12.3. The molecule has 2 aromatic rings. The summed E-state index contributed by atoms with van der Waals surface area (Å²) in [4.78, 5) is 24.1. The quantitative estimate of drug-likeness (QED) is 0.715. The van der Waals surface area contributed by atoms with E-state index in [9.17, 15) is 9.59 Å². The number of para-hydroxylation sites is 1. The first-order valence-corrected chi connectivity index (χ1v) is 8.99. The summed E-state index contributed by atoms with van der Waals surface area (Å²) in [6, 6.07) is 14.5. The van der Waals surface area contributed by atoms with Gasteiger partial charge in [-0.1, -0.05) is 46.3 Å². The Morgan fingerprint density at radius 1 is 1.04 bits per heavy atom. The van der Waals surface area contributed by atoms with E-state index in [1.54, 1.807) is 24.3 Å². The third-order valence-corrected chi connectivity index (χ3v) is 4.07. The Hall–Kier alpha value is -2.34. The third kappa shape index (κ3) is 6.19. The molecule has 0 aliphatic carbocycles. The van der Waals surface area contributed by atoms with Gasteiger partial charge < -0.3 is 14.8 Å². The summed E-state index contributed by atoms with van der Waals surface area (Å²) in [6.07, 6.45) is 0. The second-order valence-corrected chi connectivity index (χ2v) is 7.60. The highest BCUT2D eigenvalue weighted by molar-refractivity contribution is 9.10. The second kappa shape index (κ2) is 8.85. The van der Waals surface area contributed by atoms with Gasteiger partial charge >= 0.3 is 5.97 Å². The first kappa shape index (κ1) is 20.0. The van der Waals surface area contributed by atoms with Crippen LogP contribution in [0.2, 0.25) is 0 Å². The molecule has 26 heavy (non-hydrogen) atoms. The van der Waals surface area contributed by atoms with Crippen LogP contribution in [0.3, 0.4) is 0 Å². The number of hydrogen-bond donors (Lipinski definition) is 1. The van der Waals surface area contributed by atoms with Crippen LogP contribution >= 0.6 is 15.9 Å². The number of carbonyl (C=O) groups is 2. The summed E-state index contributed by atoms with van der Waals surface area (Å²) in [5.74, 6) is -0.543. The fourth-order valence-electron chi connectivity index (χ4n) is 2.20. The second-order valence-electron chi connectivity index (χ2n) is 6.75. The Bertz CT molecular complexity index is 783. The summed E-state index contributed by atoms with van der Waals surface area (Å²) in [7, 11) is 0. The molecule has 0 aromatic heterocycles. The first-order chi connectivity index (χ1) is 12.3. The number of halogens is 1. The molecule has 0 radical (unpaired) electrons. The molecule has 2 rings (SSSR count). The van der Waals surface area contributed by atoms with Crippen LogP contribution < -0.4 is 10.1 Å². The Labute approximate surface area is 161 Å². The van der Waals surface area contributed by atoms with Crippen molar-refractivity contribution in [3.8, 4) is 5.75 Å². The van der Waals surface area contributed by atoms with Crippen LogP contribution in [0, 0.1) is 0 Å². The molecule has 0 saturated heterocycles. The molecule has 5 nitrogen and oxygen atoms in total. The monoisotopic (exact) mass is 419 g/mol. The summed E-state index contributed by atoms with van der Waals surface area (Å²) in [5.41, 5.74) is 0.858. The van der Waals surface area contributed by atoms with Crippen molar-refractivity contribution in [2.24, 2.45) is 0 Å². The van der Waals surface area contributed by atoms with Crippen molar-refractivity contribution in [3.05, 3.63) is 64.1 Å². The fourth-order valence-corrected chi connectivity index (χ4v) is 2.59. The van der Waals surface area contributed by atoms with Crippen molar-refractivity contribution in [1.82, 2.24) is 5.32 Å². The molecule has 138 valence electrons. The molecular formula is C20H22BrNO4. The molecule has 0 aliphatic rings. The van der Waals surface area contributed by atoms with Gasteiger partial charge in [0.05, 0.1) is 0 Å². The lowest BCUT2D eigenvalue weighted by molar-refractivity contribution is -0.125. The standard InChI is InChI=1S/C20H22BrNO4/c1-20(2,3)22-18(23)13-26-19(24)15-9-5-7-11-17(15)25-12-14-8-4-6-10-16(14)21/h4-11H,12-13H2,1-3H3,(H,22,23). The number of hydrogen-bond acceptors (Lipinski definition) is 4. The normalized spacial score (nSPS) is 10.9. The van der Waals surface area contributed by atoms with E-state index < -0.39 is 5.97 Å². The predicted octanol–water partition coefficient (Wildman–Crippen LogP) is 4.10. The van der Waals surface area contributed by atoms with E-state index in [4.69, 9.17) is 9.47 Å². The van der Waals surface area contributed by atoms with E-state index in [-0.39, 0.29) is 23.6 Å². The highest BCUT2D eigenvalue weighted by Crippen LogP contribution is 2.22. The molecule has 0 fully saturated rings. The predicted molar refractivity (Wildman–Crippen MR) is 103 cm³/mol. The van der Waals surface area contributed by atoms with Crippen LogP contribution in [0.1, 0.15) is 36.7 Å². The van der Waals surface area contributed by atoms with E-state index in [1.165, 1.54) is 0 Å². The summed E-state index contributed by atoms with van der Waals surface area (Å²) >= 11 is 3.47. The zero-order valence-corrected chi connectivity index (χ0v) is 16.6. The van der Waals surface area contributed by atoms with Crippen molar-refractivity contribution in [2.45, 2.75) is 32.9 Å². The Kier molecular flexibility index (Phi) is 6.80. The van der Waals surface area contributed by atoms with E-state index in [2.05, 4.69) is 21.2 Å². The van der Waals surface area contributed by atoms with Gasteiger partial charge in [0.1, 0.15) is 17.9 Å². The van der Waals surface area contributed by atoms with Crippen LogP contribution in [-0.4, -0.2) is 24.0 Å². The molecule has 2 aromatic carbocycles. The molecule has 1 N–H and O–H groups in total. The maximum Gasteiger partial charge on any atom is 0.342 e. The van der Waals surface area contributed by atoms with E-state index in [0.29, 0.717) is 12.4 Å². The number of amides is 1. The van der Waals surface area contributed by atoms with Crippen molar-refractivity contribution in [1.29, 1.82) is 0 Å². The molecule has 1 amide bonds. The lowest BCUT2D eigenvalue weighted by Crippen LogP contribution is -2.42. The number of esters is 1. The molecule has 0 atom stereocenters. The lowest BCUT2D eigenvalue weighted by atomic mass is 10.1. The number of carbonyl (C=O) groups excluding carboxylic acids is 2. The third-order valence-electron chi connectivity index (χ3n) is 3.30. The van der Waals surface area contributed by atoms with Gasteiger partial charge in [0.25, 0.3) is 5.91 Å². The van der Waals surface area contributed by atoms with Crippen LogP contribution in [0.15, 0.2) is 53.0 Å². The van der Waals surface area contributed by atoms with Gasteiger partial charge in [-0.3, -0.25) is 4.79 Å². The lowest BCUT2D eigenvalue weighted by Gasteiger charge is -2.20. The zero-order valence-electron chi connectivity index (χ0n) is 15.0. The van der Waals surface area contributed by atoms with Crippen molar-refractivity contribution in [3.63, 3.8) is 0 Å². The number of nitrogens with one attached hydrogen (secondary N) is 1. The average Bonchev–Trinajstić information content (AvgIpc) is 2.58. The maximum absolute atomic E-state index is 12.3. The molecule has 6 heteroatoms. The fraction of sp³-hybridized carbons (Fsp3) is 0.300. The summed E-state index contributed by atoms with van der Waals surface area (Å²) in [6.45, 7) is 5.54. The molecule has 0 aliphatic heterocycles. The van der Waals surface area contributed by atoms with Gasteiger partial charge in [-0.25, -0.2) is 4.79 Å². The highest BCUT2D eigenvalue weighted by atomic mass is 79.9. The van der Waals surface area contributed by atoms with Crippen LogP contribution in [0.25, 0.3) is 0 Å². The Morgan fingerprint density at radius 3 is 2.38 bits per heavy atom. The van der Waals surface area contributed by atoms with Gasteiger partial charge in [-0.05, 0) is 39.0 Å². The zero-order chi connectivity index (χ0) is 19.2. The minimum Gasteiger partial charge on any atom is -0.488 e. The number of ether oxygens (including phenoxy) is 2. The van der Waals surface area contributed by atoms with Crippen LogP contribution in [0.5, 0.6) is 5.75 Å². The number of rotatable bonds is 6. The van der Waals surface area contributed by atoms with Crippen molar-refractivity contribution < 1.29 is 19.1 Å². The topological polar surface area (TPSA) is 64.6 Å². The smallest absolute Gasteiger partial charge is 0.342 e. The molecular weight excluding hydrogens is 398 g/mol. The number of benzene rings is 2. The van der Waals surface area contributed by atoms with E-state index in [0.717, 1.165) is 10.0 Å². The van der Waals surface area contributed by atoms with Gasteiger partial charge in [0.15, 0.2) is 6.61 Å². The Balaban J connectivity index is 2.00. The molecule has 0 unspecified atom stereocenters. The van der Waals surface area contributed by atoms with E-state index in [1.807, 2.05) is 45.0 Å². The SMILES string of the molecule is CC(C)(C)NC(=O)COC(=O)c1ccccc1OCc1ccccc1Br. The molecule has 0 bridgehead atoms. The minimum atomic E-state index is -0.600. The highest BCUT2D eigenvalue weighted by Gasteiger charge is 2.18. The Morgan fingerprint density at radius 2 is 1.69 bits per heavy atom. The summed E-state index contributed by atoms with van der Waals surface area (Å²) < 4.78 is 11.8. The van der Waals surface area contributed by atoms with Crippen LogP contribution in [-0.2, 0) is 16.1 Å². The van der Waals surface area contributed by atoms with Crippen LogP contribution in [0.4, 0.5) is 0 Å². The van der Waals surface area contributed by atoms with Gasteiger partial charge in [-0.2, -0.15) is 0 Å².